The summed E-state index contributed by atoms with van der Waals surface area (Å²) >= 11 is 1.53. The van der Waals surface area contributed by atoms with Gasteiger partial charge in [-0.25, -0.2) is 4.98 Å². The van der Waals surface area contributed by atoms with Crippen LogP contribution in [0.3, 0.4) is 0 Å². The third kappa shape index (κ3) is 2.50. The van der Waals surface area contributed by atoms with Crippen molar-refractivity contribution >= 4 is 28.6 Å². The molecule has 2 saturated heterocycles. The predicted octanol–water partition coefficient (Wildman–Crippen LogP) is 2.37. The third-order valence-corrected chi connectivity index (χ3v) is 5.34. The fraction of sp³-hybridized carbons (Fsp3) is 0.500. The first-order valence-electron chi connectivity index (χ1n) is 7.68. The van der Waals surface area contributed by atoms with Gasteiger partial charge in [-0.15, -0.1) is 11.8 Å². The van der Waals surface area contributed by atoms with Crippen molar-refractivity contribution in [3.05, 3.63) is 24.1 Å². The number of amides is 1. The van der Waals surface area contributed by atoms with Gasteiger partial charge in [0.25, 0.3) is 5.91 Å². The first kappa shape index (κ1) is 14.1. The molecule has 2 bridgehead atoms. The maximum atomic E-state index is 12.5. The van der Waals surface area contributed by atoms with Crippen molar-refractivity contribution in [3.63, 3.8) is 0 Å². The normalized spacial score (nSPS) is 27.2. The van der Waals surface area contributed by atoms with Crippen LogP contribution in [0.1, 0.15) is 23.3 Å². The van der Waals surface area contributed by atoms with Crippen molar-refractivity contribution in [1.82, 2.24) is 15.2 Å². The Bertz CT molecular complexity index is 702. The van der Waals surface area contributed by atoms with E-state index in [4.69, 9.17) is 4.42 Å². The van der Waals surface area contributed by atoms with Crippen LogP contribution in [0.5, 0.6) is 0 Å². The van der Waals surface area contributed by atoms with Gasteiger partial charge < -0.3 is 14.6 Å². The van der Waals surface area contributed by atoms with E-state index in [9.17, 15) is 4.79 Å². The van der Waals surface area contributed by atoms with Crippen molar-refractivity contribution in [1.29, 1.82) is 0 Å². The van der Waals surface area contributed by atoms with E-state index in [1.54, 1.807) is 12.3 Å². The molecule has 0 radical (unpaired) electrons. The highest BCUT2D eigenvalue weighted by atomic mass is 32.2. The Morgan fingerprint density at radius 2 is 2.41 bits per heavy atom. The quantitative estimate of drug-likeness (QED) is 0.881. The molecule has 0 aromatic carbocycles. The molecule has 116 valence electrons. The van der Waals surface area contributed by atoms with Crippen LogP contribution in [0, 0.1) is 5.92 Å². The standard InChI is InChI=1S/C16H19N3O2S/c1-22-16-12-3-5-21-14(12)7-13(18-16)15(20)17-11-6-10-2-4-19(8-10)9-11/h3,5,7,10-11H,2,4,6,8-9H2,1H3,(H,17,20)/t10-,11-/m1/s1. The summed E-state index contributed by atoms with van der Waals surface area (Å²) in [7, 11) is 0. The molecule has 2 aliphatic rings. The molecule has 2 aromatic heterocycles. The third-order valence-electron chi connectivity index (χ3n) is 4.64. The van der Waals surface area contributed by atoms with Crippen LogP contribution in [0.2, 0.25) is 0 Å². The average molecular weight is 317 g/mol. The summed E-state index contributed by atoms with van der Waals surface area (Å²) in [6.45, 7) is 3.32. The smallest absolute Gasteiger partial charge is 0.270 e. The Labute approximate surface area is 133 Å². The molecule has 1 N–H and O–H groups in total. The highest BCUT2D eigenvalue weighted by Crippen LogP contribution is 2.28. The minimum atomic E-state index is -0.0962. The number of hydrogen-bond acceptors (Lipinski definition) is 5. The number of fused-ring (bicyclic) bond motifs is 3. The molecular formula is C16H19N3O2S. The lowest BCUT2D eigenvalue weighted by Crippen LogP contribution is -2.47. The van der Waals surface area contributed by atoms with E-state index < -0.39 is 0 Å². The van der Waals surface area contributed by atoms with E-state index >= 15 is 0 Å². The molecule has 0 spiro atoms. The Balaban J connectivity index is 1.55. The lowest BCUT2D eigenvalue weighted by atomic mass is 9.97. The van der Waals surface area contributed by atoms with Crippen LogP contribution in [0.25, 0.3) is 11.0 Å². The number of aromatic nitrogens is 1. The number of hydrogen-bond donors (Lipinski definition) is 1. The van der Waals surface area contributed by atoms with Crippen molar-refractivity contribution < 1.29 is 9.21 Å². The number of nitrogens with one attached hydrogen (secondary N) is 1. The summed E-state index contributed by atoms with van der Waals surface area (Å²) in [5.74, 6) is 0.641. The lowest BCUT2D eigenvalue weighted by Gasteiger charge is -2.30. The van der Waals surface area contributed by atoms with Crippen LogP contribution < -0.4 is 5.32 Å². The SMILES string of the molecule is CSc1nc(C(=O)N[C@@H]2C[C@H]3CCN(C3)C2)cc2occc12. The molecule has 5 nitrogen and oxygen atoms in total. The Morgan fingerprint density at radius 1 is 1.50 bits per heavy atom. The second kappa shape index (κ2) is 5.59. The van der Waals surface area contributed by atoms with E-state index in [-0.39, 0.29) is 11.9 Å². The molecule has 22 heavy (non-hydrogen) atoms. The zero-order valence-electron chi connectivity index (χ0n) is 12.5. The van der Waals surface area contributed by atoms with Crippen molar-refractivity contribution in [2.45, 2.75) is 23.9 Å². The first-order valence-corrected chi connectivity index (χ1v) is 8.91. The van der Waals surface area contributed by atoms with Gasteiger partial charge >= 0.3 is 0 Å². The first-order chi connectivity index (χ1) is 10.7. The second-order valence-electron chi connectivity index (χ2n) is 6.17. The summed E-state index contributed by atoms with van der Waals surface area (Å²) < 4.78 is 5.44. The number of rotatable bonds is 3. The predicted molar refractivity (Wildman–Crippen MR) is 86.2 cm³/mol. The number of carbonyl (C=O) groups is 1. The number of piperidine rings is 1. The number of thioether (sulfide) groups is 1. The number of furan rings is 1. The fourth-order valence-electron chi connectivity index (χ4n) is 3.63. The molecule has 6 heteroatoms. The molecule has 1 amide bonds. The average Bonchev–Trinajstić information content (AvgIpc) is 3.12. The summed E-state index contributed by atoms with van der Waals surface area (Å²) in [5, 5.41) is 4.95. The highest BCUT2D eigenvalue weighted by Gasteiger charge is 2.33. The van der Waals surface area contributed by atoms with Gasteiger partial charge in [0.1, 0.15) is 16.3 Å². The van der Waals surface area contributed by atoms with Crippen LogP contribution in [0.15, 0.2) is 27.8 Å². The fourth-order valence-corrected chi connectivity index (χ4v) is 4.21. The van der Waals surface area contributed by atoms with E-state index in [0.29, 0.717) is 5.69 Å². The maximum absolute atomic E-state index is 12.5. The highest BCUT2D eigenvalue weighted by molar-refractivity contribution is 7.98. The van der Waals surface area contributed by atoms with Crippen molar-refractivity contribution in [2.24, 2.45) is 5.92 Å². The van der Waals surface area contributed by atoms with Gasteiger partial charge in [0.05, 0.1) is 11.6 Å². The Hall–Kier alpha value is -1.53. The minimum Gasteiger partial charge on any atom is -0.464 e. The largest absolute Gasteiger partial charge is 0.464 e. The van der Waals surface area contributed by atoms with Gasteiger partial charge in [-0.2, -0.15) is 0 Å². The maximum Gasteiger partial charge on any atom is 0.270 e. The van der Waals surface area contributed by atoms with Gasteiger partial charge in [-0.1, -0.05) is 0 Å². The second-order valence-corrected chi connectivity index (χ2v) is 6.96. The van der Waals surface area contributed by atoms with Crippen molar-refractivity contribution in [3.8, 4) is 0 Å². The monoisotopic (exact) mass is 317 g/mol. The summed E-state index contributed by atoms with van der Waals surface area (Å²) in [4.78, 5) is 19.5. The molecule has 2 aliphatic heterocycles. The molecule has 0 saturated carbocycles. The van der Waals surface area contributed by atoms with Gasteiger partial charge in [0.15, 0.2) is 0 Å². The van der Waals surface area contributed by atoms with Crippen LogP contribution in [-0.2, 0) is 0 Å². The molecule has 2 fully saturated rings. The molecule has 0 aliphatic carbocycles. The van der Waals surface area contributed by atoms with Gasteiger partial charge in [0, 0.05) is 25.2 Å². The van der Waals surface area contributed by atoms with Crippen LogP contribution in [0.4, 0.5) is 0 Å². The van der Waals surface area contributed by atoms with Crippen LogP contribution in [-0.4, -0.2) is 47.7 Å². The van der Waals surface area contributed by atoms with Crippen molar-refractivity contribution in [2.75, 3.05) is 25.9 Å². The number of carbonyl (C=O) groups excluding carboxylic acids is 1. The van der Waals surface area contributed by atoms with Crippen LogP contribution >= 0.6 is 11.8 Å². The molecule has 4 heterocycles. The molecule has 1 unspecified atom stereocenters. The summed E-state index contributed by atoms with van der Waals surface area (Å²) in [6.07, 6.45) is 5.95. The van der Waals surface area contributed by atoms with Gasteiger partial charge in [-0.3, -0.25) is 4.79 Å². The zero-order chi connectivity index (χ0) is 15.1. The molecular weight excluding hydrogens is 298 g/mol. The van der Waals surface area contributed by atoms with Gasteiger partial charge in [-0.05, 0) is 37.6 Å². The van der Waals surface area contributed by atoms with E-state index in [0.717, 1.165) is 34.9 Å². The topological polar surface area (TPSA) is 58.4 Å². The van der Waals surface area contributed by atoms with E-state index in [1.807, 2.05) is 12.3 Å². The van der Waals surface area contributed by atoms with E-state index in [2.05, 4.69) is 15.2 Å². The summed E-state index contributed by atoms with van der Waals surface area (Å²) in [5.41, 5.74) is 1.16. The van der Waals surface area contributed by atoms with E-state index in [1.165, 1.54) is 31.3 Å². The molecule has 2 aromatic rings. The molecule has 4 rings (SSSR count). The molecule has 3 atom stereocenters. The minimum absolute atomic E-state index is 0.0962. The summed E-state index contributed by atoms with van der Waals surface area (Å²) in [6, 6.07) is 3.87. The Kier molecular flexibility index (Phi) is 3.58. The number of pyridine rings is 1. The Morgan fingerprint density at radius 3 is 3.23 bits per heavy atom. The van der Waals surface area contributed by atoms with Gasteiger partial charge in [0.2, 0.25) is 0 Å². The number of nitrogens with zero attached hydrogens (tertiary/aromatic N) is 2. The zero-order valence-corrected chi connectivity index (χ0v) is 13.4. The lowest BCUT2D eigenvalue weighted by molar-refractivity contribution is 0.0904.